The molecule has 1 aliphatic heterocycles. The summed E-state index contributed by atoms with van der Waals surface area (Å²) in [6.07, 6.45) is 7.88. The summed E-state index contributed by atoms with van der Waals surface area (Å²) in [4.78, 5) is 9.44. The molecule has 7 aromatic rings. The average molecular weight is 768 g/mol. The zero-order valence-corrected chi connectivity index (χ0v) is 28.5. The van der Waals surface area contributed by atoms with Crippen molar-refractivity contribution >= 4 is 33.0 Å². The third-order valence-electron chi connectivity index (χ3n) is 8.28. The van der Waals surface area contributed by atoms with Gasteiger partial charge in [-0.15, -0.1) is 54.1 Å². The van der Waals surface area contributed by atoms with Crippen LogP contribution in [-0.2, 0) is 39.5 Å². The van der Waals surface area contributed by atoms with Gasteiger partial charge < -0.3 is 14.0 Å². The van der Waals surface area contributed by atoms with E-state index >= 15 is 0 Å². The van der Waals surface area contributed by atoms with E-state index < -0.39 is 0 Å². The first kappa shape index (κ1) is 31.0. The van der Waals surface area contributed by atoms with Gasteiger partial charge in [-0.25, -0.2) is 0 Å². The molecule has 0 bridgehead atoms. The summed E-state index contributed by atoms with van der Waals surface area (Å²) in [5.41, 5.74) is 10.1. The number of furan rings is 1. The van der Waals surface area contributed by atoms with E-state index in [-0.39, 0.29) is 25.5 Å². The molecular formula is C40H37IrN3O-2. The summed E-state index contributed by atoms with van der Waals surface area (Å²) >= 11 is 0. The number of aromatic nitrogens is 3. The molecule has 8 rings (SSSR count). The number of rotatable bonds is 3. The predicted octanol–water partition coefficient (Wildman–Crippen LogP) is 10.3. The smallest absolute Gasteiger partial charge is 0.120 e. The number of imidazole rings is 1. The Kier molecular flexibility index (Phi) is 9.03. The van der Waals surface area contributed by atoms with Gasteiger partial charge in [-0.2, -0.15) is 0 Å². The Labute approximate surface area is 278 Å². The first-order chi connectivity index (χ1) is 21.4. The maximum atomic E-state index is 6.11. The minimum absolute atomic E-state index is 0. The molecule has 0 spiro atoms. The maximum Gasteiger partial charge on any atom is 0.120 e. The minimum atomic E-state index is 0. The Morgan fingerprint density at radius 3 is 2.56 bits per heavy atom. The summed E-state index contributed by atoms with van der Waals surface area (Å²) in [5.74, 6) is 1.06. The summed E-state index contributed by atoms with van der Waals surface area (Å²) in [7, 11) is 0. The van der Waals surface area contributed by atoms with Crippen molar-refractivity contribution in [2.75, 3.05) is 0 Å². The van der Waals surface area contributed by atoms with Crippen LogP contribution in [0.4, 0.5) is 0 Å². The van der Waals surface area contributed by atoms with Gasteiger partial charge in [0, 0.05) is 38.2 Å². The zero-order valence-electron chi connectivity index (χ0n) is 26.1. The van der Waals surface area contributed by atoms with Crippen molar-refractivity contribution in [3.8, 4) is 22.6 Å². The number of fused-ring (bicyclic) bond motifs is 3. The predicted molar refractivity (Wildman–Crippen MR) is 181 cm³/mol. The molecule has 45 heavy (non-hydrogen) atoms. The number of hydrogen-bond donors (Lipinski definition) is 0. The van der Waals surface area contributed by atoms with Crippen molar-refractivity contribution in [3.63, 3.8) is 0 Å². The van der Waals surface area contributed by atoms with Crippen molar-refractivity contribution in [3.05, 3.63) is 120 Å². The van der Waals surface area contributed by atoms with E-state index in [0.29, 0.717) is 0 Å². The fraction of sp³-hybridized carbons (Fsp3) is 0.250. The molecule has 0 unspecified atom stereocenters. The quantitative estimate of drug-likeness (QED) is 0.168. The van der Waals surface area contributed by atoms with Crippen LogP contribution < -0.4 is 0 Å². The summed E-state index contributed by atoms with van der Waals surface area (Å²) in [5, 5.41) is 2.25. The number of nitrogens with zero attached hydrogens (tertiary/aromatic N) is 3. The van der Waals surface area contributed by atoms with Crippen LogP contribution in [0.3, 0.4) is 0 Å². The Morgan fingerprint density at radius 2 is 1.71 bits per heavy atom. The Morgan fingerprint density at radius 1 is 0.844 bits per heavy atom. The van der Waals surface area contributed by atoms with Crippen LogP contribution in [0.2, 0.25) is 0 Å². The largest absolute Gasteiger partial charge is 0.501 e. The van der Waals surface area contributed by atoms with Crippen LogP contribution >= 0.6 is 0 Å². The molecule has 5 heteroatoms. The molecule has 0 N–H and O–H groups in total. The second-order valence-corrected chi connectivity index (χ2v) is 12.9. The maximum absolute atomic E-state index is 6.11. The molecule has 0 atom stereocenters. The molecule has 3 aromatic heterocycles. The van der Waals surface area contributed by atoms with Gasteiger partial charge in [0.05, 0.1) is 22.4 Å². The monoisotopic (exact) mass is 768 g/mol. The first-order valence-corrected chi connectivity index (χ1v) is 15.7. The Bertz CT molecular complexity index is 2070. The molecule has 1 aliphatic rings. The van der Waals surface area contributed by atoms with Crippen LogP contribution in [0, 0.1) is 17.5 Å². The standard InChI is InChI=1S/C22H20NO.C18H17N2.Ir/c1-22(2,3)14-15-11-12-23-19(13-15)18-9-6-8-17-16-7-4-5-10-20(16)24-21(17)18;1-3-9-15(10-4-1)18-19-16-12-7-11-14-8-5-2-6-13-20(18)17(14)16;/h4-8,10-13H,14H2,1-3H3;1,3-4,7,9,11-12H,2,5-6,8,13H2;/q2*-1;. The second kappa shape index (κ2) is 13.1. The van der Waals surface area contributed by atoms with Gasteiger partial charge in [0.25, 0.3) is 0 Å². The summed E-state index contributed by atoms with van der Waals surface area (Å²) < 4.78 is 8.51. The van der Waals surface area contributed by atoms with Gasteiger partial charge in [-0.05, 0) is 60.6 Å². The van der Waals surface area contributed by atoms with Gasteiger partial charge in [-0.1, -0.05) is 80.1 Å². The molecule has 0 aliphatic carbocycles. The third-order valence-corrected chi connectivity index (χ3v) is 8.28. The first-order valence-electron chi connectivity index (χ1n) is 15.7. The van der Waals surface area contributed by atoms with Gasteiger partial charge >= 0.3 is 0 Å². The summed E-state index contributed by atoms with van der Waals surface area (Å²) in [6, 6.07) is 37.7. The molecular weight excluding hydrogens is 731 g/mol. The fourth-order valence-electron chi connectivity index (χ4n) is 6.39. The molecule has 0 saturated carbocycles. The normalized spacial score (nSPS) is 13.1. The Hall–Kier alpha value is -4.05. The van der Waals surface area contributed by atoms with E-state index in [0.717, 1.165) is 63.1 Å². The molecule has 4 aromatic carbocycles. The molecule has 0 fully saturated rings. The van der Waals surface area contributed by atoms with Crippen LogP contribution in [0.15, 0.2) is 102 Å². The van der Waals surface area contributed by atoms with Gasteiger partial charge in [0.1, 0.15) is 5.58 Å². The minimum Gasteiger partial charge on any atom is -0.501 e. The number of para-hydroxylation sites is 2. The number of hydrogen-bond acceptors (Lipinski definition) is 3. The van der Waals surface area contributed by atoms with Crippen molar-refractivity contribution in [1.29, 1.82) is 0 Å². The van der Waals surface area contributed by atoms with Crippen molar-refractivity contribution < 1.29 is 24.5 Å². The van der Waals surface area contributed by atoms with Crippen molar-refractivity contribution in [2.24, 2.45) is 5.41 Å². The van der Waals surface area contributed by atoms with E-state index in [9.17, 15) is 0 Å². The van der Waals surface area contributed by atoms with E-state index in [1.807, 2.05) is 42.6 Å². The molecule has 0 saturated heterocycles. The van der Waals surface area contributed by atoms with Gasteiger partial charge in [-0.3, -0.25) is 4.98 Å². The van der Waals surface area contributed by atoms with Crippen LogP contribution in [0.5, 0.6) is 0 Å². The molecule has 229 valence electrons. The van der Waals surface area contributed by atoms with E-state index in [2.05, 4.69) is 97.1 Å². The van der Waals surface area contributed by atoms with Crippen LogP contribution in [-0.4, -0.2) is 14.5 Å². The Balaban J connectivity index is 0.000000158. The van der Waals surface area contributed by atoms with E-state index in [4.69, 9.17) is 9.40 Å². The zero-order chi connectivity index (χ0) is 30.1. The SMILES string of the molecule is CC(C)(C)Cc1ccnc(-c2[c-]ccc3c2oc2ccccc23)c1.[Ir].[c-]1ccccc1-c1nc2cccc3c2n1CCCCC3. The number of benzene rings is 4. The van der Waals surface area contributed by atoms with Crippen LogP contribution in [0.25, 0.3) is 55.6 Å². The molecule has 1 radical (unpaired) electrons. The summed E-state index contributed by atoms with van der Waals surface area (Å²) in [6.45, 7) is 7.81. The van der Waals surface area contributed by atoms with E-state index in [1.54, 1.807) is 0 Å². The van der Waals surface area contributed by atoms with Crippen LogP contribution in [0.1, 0.15) is 51.2 Å². The van der Waals surface area contributed by atoms with Gasteiger partial charge in [0.15, 0.2) is 0 Å². The molecule has 0 amide bonds. The second-order valence-electron chi connectivity index (χ2n) is 12.9. The number of aryl methyl sites for hydroxylation is 2. The van der Waals surface area contributed by atoms with Gasteiger partial charge in [0.2, 0.25) is 0 Å². The number of pyridine rings is 1. The fourth-order valence-corrected chi connectivity index (χ4v) is 6.39. The topological polar surface area (TPSA) is 43.9 Å². The molecule has 4 nitrogen and oxygen atoms in total. The van der Waals surface area contributed by atoms with Crippen molar-refractivity contribution in [2.45, 2.75) is 59.4 Å². The van der Waals surface area contributed by atoms with Crippen molar-refractivity contribution in [1.82, 2.24) is 14.5 Å². The molecule has 4 heterocycles. The average Bonchev–Trinajstić information content (AvgIpc) is 3.58. The third kappa shape index (κ3) is 6.52. The van der Waals surface area contributed by atoms with E-state index in [1.165, 1.54) is 42.3 Å².